The zero-order valence-electron chi connectivity index (χ0n) is 10.1. The molecule has 0 saturated heterocycles. The molecule has 3 rings (SSSR count). The average molecular weight is 297 g/mol. The van der Waals surface area contributed by atoms with Gasteiger partial charge in [0.2, 0.25) is 0 Å². The molecule has 1 heterocycles. The van der Waals surface area contributed by atoms with Crippen molar-refractivity contribution in [1.29, 1.82) is 0 Å². The number of rotatable bonds is 4. The number of hydrogen-bond acceptors (Lipinski definition) is 4. The fourth-order valence-electron chi connectivity index (χ4n) is 2.67. The standard InChI is InChI=1S/C13H13ClN2O2S/c14-10-3-1-2-8(6-10)7-13(9-4-5-9)11(12(17)18)19-16-15-13/h1-3,6,9,11H,4-5,7H2,(H,17,18). The molecule has 100 valence electrons. The van der Waals surface area contributed by atoms with Gasteiger partial charge in [-0.1, -0.05) is 23.7 Å². The summed E-state index contributed by atoms with van der Waals surface area (Å²) in [5.41, 5.74) is 0.424. The zero-order chi connectivity index (χ0) is 13.5. The predicted molar refractivity (Wildman–Crippen MR) is 74.5 cm³/mol. The molecule has 0 amide bonds. The van der Waals surface area contributed by atoms with Crippen molar-refractivity contribution in [3.8, 4) is 0 Å². The second-order valence-corrected chi connectivity index (χ2v) is 6.36. The topological polar surface area (TPSA) is 62.0 Å². The number of nitrogens with zero attached hydrogens (tertiary/aromatic N) is 2. The molecule has 1 aliphatic carbocycles. The van der Waals surface area contributed by atoms with Gasteiger partial charge in [-0.3, -0.25) is 4.79 Å². The quantitative estimate of drug-likeness (QED) is 0.864. The van der Waals surface area contributed by atoms with E-state index in [0.29, 0.717) is 17.4 Å². The fourth-order valence-corrected chi connectivity index (χ4v) is 3.78. The number of aliphatic carboxylic acids is 1. The summed E-state index contributed by atoms with van der Waals surface area (Å²) in [5.74, 6) is -0.504. The smallest absolute Gasteiger partial charge is 0.321 e. The highest BCUT2D eigenvalue weighted by molar-refractivity contribution is 7.99. The lowest BCUT2D eigenvalue weighted by molar-refractivity contribution is -0.137. The molecule has 6 heteroatoms. The molecule has 1 N–H and O–H groups in total. The number of benzene rings is 1. The van der Waals surface area contributed by atoms with E-state index in [1.165, 1.54) is 0 Å². The number of carboxylic acid groups (broad SMARTS) is 1. The Balaban J connectivity index is 1.93. The van der Waals surface area contributed by atoms with E-state index in [-0.39, 0.29) is 0 Å². The molecule has 2 aliphatic rings. The summed E-state index contributed by atoms with van der Waals surface area (Å²) < 4.78 is 3.95. The highest BCUT2D eigenvalue weighted by Gasteiger charge is 2.57. The van der Waals surface area contributed by atoms with Gasteiger partial charge in [-0.15, -0.1) is 4.52 Å². The van der Waals surface area contributed by atoms with Gasteiger partial charge < -0.3 is 5.11 Å². The highest BCUT2D eigenvalue weighted by atomic mass is 35.5. The van der Waals surface area contributed by atoms with Crippen LogP contribution in [-0.4, -0.2) is 21.9 Å². The second kappa shape index (κ2) is 4.80. The van der Waals surface area contributed by atoms with Crippen molar-refractivity contribution in [3.05, 3.63) is 34.9 Å². The monoisotopic (exact) mass is 296 g/mol. The molecule has 0 aromatic heterocycles. The van der Waals surface area contributed by atoms with Gasteiger partial charge in [0.15, 0.2) is 5.25 Å². The maximum Gasteiger partial charge on any atom is 0.321 e. The minimum absolute atomic E-state index is 0.325. The number of carbonyl (C=O) groups is 1. The SMILES string of the molecule is O=C(O)C1SN=NC1(Cc1cccc(Cl)c1)C1CC1. The minimum atomic E-state index is -0.830. The molecule has 2 unspecified atom stereocenters. The molecule has 0 radical (unpaired) electrons. The predicted octanol–water partition coefficient (Wildman–Crippen LogP) is 3.60. The first-order valence-corrected chi connectivity index (χ1v) is 7.38. The Hall–Kier alpha value is -1.07. The van der Waals surface area contributed by atoms with Gasteiger partial charge in [0, 0.05) is 23.4 Å². The van der Waals surface area contributed by atoms with Crippen molar-refractivity contribution in [1.82, 2.24) is 0 Å². The molecule has 0 spiro atoms. The lowest BCUT2D eigenvalue weighted by Crippen LogP contribution is -2.44. The molecule has 1 aromatic carbocycles. The first-order valence-electron chi connectivity index (χ1n) is 6.17. The molecule has 0 bridgehead atoms. The normalized spacial score (nSPS) is 29.6. The van der Waals surface area contributed by atoms with Gasteiger partial charge >= 0.3 is 5.97 Å². The van der Waals surface area contributed by atoms with Crippen LogP contribution in [0.25, 0.3) is 0 Å². The average Bonchev–Trinajstić information content (AvgIpc) is 3.12. The zero-order valence-corrected chi connectivity index (χ0v) is 11.7. The summed E-state index contributed by atoms with van der Waals surface area (Å²) in [6, 6.07) is 7.54. The molecule has 1 saturated carbocycles. The Morgan fingerprint density at radius 3 is 2.95 bits per heavy atom. The van der Waals surface area contributed by atoms with Crippen LogP contribution in [0.3, 0.4) is 0 Å². The van der Waals surface area contributed by atoms with Crippen LogP contribution < -0.4 is 0 Å². The number of carboxylic acids is 1. The number of hydrogen-bond donors (Lipinski definition) is 1. The van der Waals surface area contributed by atoms with Crippen LogP contribution in [0.15, 0.2) is 33.9 Å². The van der Waals surface area contributed by atoms with Gasteiger partial charge in [0.1, 0.15) is 5.54 Å². The third-order valence-electron chi connectivity index (χ3n) is 3.72. The van der Waals surface area contributed by atoms with Crippen LogP contribution in [0.1, 0.15) is 18.4 Å². The molecule has 1 aromatic rings. The van der Waals surface area contributed by atoms with E-state index in [9.17, 15) is 9.90 Å². The van der Waals surface area contributed by atoms with E-state index in [1.807, 2.05) is 24.3 Å². The van der Waals surface area contributed by atoms with Gasteiger partial charge in [-0.2, -0.15) is 5.11 Å². The molecule has 19 heavy (non-hydrogen) atoms. The van der Waals surface area contributed by atoms with Crippen molar-refractivity contribution >= 4 is 29.5 Å². The van der Waals surface area contributed by atoms with Crippen molar-refractivity contribution in [2.75, 3.05) is 0 Å². The molecule has 1 fully saturated rings. The van der Waals surface area contributed by atoms with Gasteiger partial charge in [-0.25, -0.2) is 0 Å². The van der Waals surface area contributed by atoms with E-state index in [0.717, 1.165) is 30.4 Å². The van der Waals surface area contributed by atoms with E-state index in [4.69, 9.17) is 11.6 Å². The van der Waals surface area contributed by atoms with E-state index in [2.05, 4.69) is 9.63 Å². The minimum Gasteiger partial charge on any atom is -0.480 e. The van der Waals surface area contributed by atoms with Crippen LogP contribution >= 0.6 is 23.5 Å². The Morgan fingerprint density at radius 2 is 2.32 bits per heavy atom. The highest BCUT2D eigenvalue weighted by Crippen LogP contribution is 2.52. The maximum atomic E-state index is 11.4. The van der Waals surface area contributed by atoms with Crippen LogP contribution in [0.2, 0.25) is 5.02 Å². The Morgan fingerprint density at radius 1 is 1.53 bits per heavy atom. The summed E-state index contributed by atoms with van der Waals surface area (Å²) in [6.07, 6.45) is 2.65. The summed E-state index contributed by atoms with van der Waals surface area (Å²) >= 11 is 7.07. The Labute approximate surface area is 120 Å². The van der Waals surface area contributed by atoms with Crippen LogP contribution in [0, 0.1) is 5.92 Å². The second-order valence-electron chi connectivity index (χ2n) is 5.08. The summed E-state index contributed by atoms with van der Waals surface area (Å²) in [5, 5.41) is 13.8. The van der Waals surface area contributed by atoms with Gasteiger partial charge in [0.25, 0.3) is 0 Å². The lowest BCUT2D eigenvalue weighted by atomic mass is 9.83. The summed E-state index contributed by atoms with van der Waals surface area (Å²) in [4.78, 5) is 11.4. The third-order valence-corrected chi connectivity index (χ3v) is 4.95. The van der Waals surface area contributed by atoms with Crippen molar-refractivity contribution in [2.24, 2.45) is 15.6 Å². The van der Waals surface area contributed by atoms with E-state index < -0.39 is 16.8 Å². The van der Waals surface area contributed by atoms with Crippen LogP contribution in [0.5, 0.6) is 0 Å². The fraction of sp³-hybridized carbons (Fsp3) is 0.462. The van der Waals surface area contributed by atoms with Gasteiger partial charge in [0.05, 0.1) is 0 Å². The van der Waals surface area contributed by atoms with Crippen molar-refractivity contribution in [2.45, 2.75) is 30.1 Å². The first-order chi connectivity index (χ1) is 9.12. The summed E-state index contributed by atoms with van der Waals surface area (Å²) in [6.45, 7) is 0. The van der Waals surface area contributed by atoms with Crippen molar-refractivity contribution < 1.29 is 9.90 Å². The molecule has 2 atom stereocenters. The summed E-state index contributed by atoms with van der Waals surface area (Å²) in [7, 11) is 0. The van der Waals surface area contributed by atoms with Gasteiger partial charge in [-0.05, 0) is 36.5 Å². The lowest BCUT2D eigenvalue weighted by Gasteiger charge is -2.28. The molecule has 1 aliphatic heterocycles. The third kappa shape index (κ3) is 2.37. The largest absolute Gasteiger partial charge is 0.480 e. The molecular formula is C13H13ClN2O2S. The Bertz CT molecular complexity index is 547. The number of halogens is 1. The van der Waals surface area contributed by atoms with E-state index >= 15 is 0 Å². The van der Waals surface area contributed by atoms with Crippen LogP contribution in [0.4, 0.5) is 0 Å². The first kappa shape index (κ1) is 12.9. The van der Waals surface area contributed by atoms with E-state index in [1.54, 1.807) is 0 Å². The maximum absolute atomic E-state index is 11.4. The molecule has 4 nitrogen and oxygen atoms in total. The molecular weight excluding hydrogens is 284 g/mol. The van der Waals surface area contributed by atoms with Crippen molar-refractivity contribution in [3.63, 3.8) is 0 Å². The van der Waals surface area contributed by atoms with Crippen LogP contribution in [-0.2, 0) is 11.2 Å². The Kier molecular flexibility index (Phi) is 3.27.